The molecule has 6 heteroatoms. The second-order valence-corrected chi connectivity index (χ2v) is 6.08. The Balaban J connectivity index is 2.72. The van der Waals surface area contributed by atoms with Gasteiger partial charge in [0.15, 0.2) is 5.78 Å². The Morgan fingerprint density at radius 1 is 0.850 bits per heavy atom. The van der Waals surface area contributed by atoms with Crippen molar-refractivity contribution in [3.05, 3.63) is 66.1 Å². The predicted octanol–water partition coefficient (Wildman–Crippen LogP) is 6.49. The number of halogens is 5. The summed E-state index contributed by atoms with van der Waals surface area (Å²) in [6.07, 6.45) is 0. The third-order valence-electron chi connectivity index (χ3n) is 2.79. The first-order chi connectivity index (χ1) is 9.34. The van der Waals surface area contributed by atoms with Crippen molar-refractivity contribution in [1.29, 1.82) is 0 Å². The minimum atomic E-state index is -0.410. The third-order valence-corrected chi connectivity index (χ3v) is 4.68. The molecule has 0 heterocycles. The van der Waals surface area contributed by atoms with Gasteiger partial charge in [-0.25, -0.2) is 0 Å². The number of hydrogen-bond donors (Lipinski definition) is 0. The number of rotatable bonds is 2. The molecular formula is C14H7Cl5O. The van der Waals surface area contributed by atoms with Crippen LogP contribution in [0.2, 0.25) is 25.1 Å². The van der Waals surface area contributed by atoms with Crippen molar-refractivity contribution in [2.45, 2.75) is 6.92 Å². The van der Waals surface area contributed by atoms with Crippen molar-refractivity contribution in [3.63, 3.8) is 0 Å². The second-order valence-electron chi connectivity index (χ2n) is 4.10. The van der Waals surface area contributed by atoms with Gasteiger partial charge >= 0.3 is 0 Å². The van der Waals surface area contributed by atoms with Crippen molar-refractivity contribution in [1.82, 2.24) is 0 Å². The molecule has 0 atom stereocenters. The van der Waals surface area contributed by atoms with Crippen LogP contribution in [0.25, 0.3) is 0 Å². The largest absolute Gasteiger partial charge is 0.288 e. The fourth-order valence-corrected chi connectivity index (χ4v) is 3.11. The molecule has 0 unspecified atom stereocenters. The fraction of sp³-hybridized carbons (Fsp3) is 0.0714. The van der Waals surface area contributed by atoms with Gasteiger partial charge in [0.1, 0.15) is 0 Å². The van der Waals surface area contributed by atoms with Crippen molar-refractivity contribution in [2.75, 3.05) is 0 Å². The molecule has 0 bridgehead atoms. The topological polar surface area (TPSA) is 17.1 Å². The highest BCUT2D eigenvalue weighted by molar-refractivity contribution is 6.51. The van der Waals surface area contributed by atoms with Gasteiger partial charge in [0.05, 0.1) is 30.7 Å². The van der Waals surface area contributed by atoms with Crippen LogP contribution in [0.5, 0.6) is 0 Å². The van der Waals surface area contributed by atoms with E-state index < -0.39 is 5.78 Å². The Kier molecular flexibility index (Phi) is 4.88. The summed E-state index contributed by atoms with van der Waals surface area (Å²) in [4.78, 5) is 12.7. The minimum absolute atomic E-state index is 0.0574. The second kappa shape index (κ2) is 6.13. The van der Waals surface area contributed by atoms with Crippen LogP contribution < -0.4 is 0 Å². The summed E-state index contributed by atoms with van der Waals surface area (Å²) in [5.74, 6) is -0.410. The van der Waals surface area contributed by atoms with E-state index in [-0.39, 0.29) is 25.7 Å². The van der Waals surface area contributed by atoms with E-state index in [0.717, 1.165) is 0 Å². The van der Waals surface area contributed by atoms with E-state index in [9.17, 15) is 4.79 Å². The van der Waals surface area contributed by atoms with E-state index in [0.29, 0.717) is 16.1 Å². The summed E-state index contributed by atoms with van der Waals surface area (Å²) in [6.45, 7) is 1.77. The van der Waals surface area contributed by atoms with Crippen molar-refractivity contribution < 1.29 is 4.79 Å². The molecule has 0 aromatic heterocycles. The normalized spacial score (nSPS) is 10.7. The molecule has 0 spiro atoms. The van der Waals surface area contributed by atoms with Crippen molar-refractivity contribution in [2.24, 2.45) is 0 Å². The standard InChI is InChI=1S/C14H7Cl5O/c1-6-3-2-4-7(15)10(6)14(20)11-12(18)8(16)5-9(17)13(11)19/h2-5H,1H3. The molecule has 0 aliphatic carbocycles. The number of benzene rings is 2. The Morgan fingerprint density at radius 3 is 1.90 bits per heavy atom. The number of aryl methyl sites for hydroxylation is 1. The third kappa shape index (κ3) is 2.79. The lowest BCUT2D eigenvalue weighted by molar-refractivity contribution is 0.103. The van der Waals surface area contributed by atoms with E-state index in [2.05, 4.69) is 0 Å². The Morgan fingerprint density at radius 2 is 1.40 bits per heavy atom. The first-order valence-corrected chi connectivity index (χ1v) is 7.36. The molecule has 104 valence electrons. The predicted molar refractivity (Wildman–Crippen MR) is 86.1 cm³/mol. The van der Waals surface area contributed by atoms with Gasteiger partial charge in [0.2, 0.25) is 0 Å². The monoisotopic (exact) mass is 366 g/mol. The zero-order valence-corrected chi connectivity index (χ0v) is 13.9. The molecule has 0 saturated heterocycles. The Bertz CT molecular complexity index is 663. The number of hydrogen-bond acceptors (Lipinski definition) is 1. The maximum absolute atomic E-state index is 12.7. The van der Waals surface area contributed by atoms with E-state index in [4.69, 9.17) is 58.0 Å². The first-order valence-electron chi connectivity index (χ1n) is 5.47. The lowest BCUT2D eigenvalue weighted by Gasteiger charge is -2.12. The summed E-state index contributed by atoms with van der Waals surface area (Å²) < 4.78 is 0. The Labute approximate surface area is 141 Å². The first kappa shape index (κ1) is 15.9. The van der Waals surface area contributed by atoms with Crippen molar-refractivity contribution in [3.8, 4) is 0 Å². The highest BCUT2D eigenvalue weighted by Crippen LogP contribution is 2.39. The van der Waals surface area contributed by atoms with Crippen LogP contribution in [0.4, 0.5) is 0 Å². The molecular weight excluding hydrogens is 361 g/mol. The molecule has 0 aliphatic heterocycles. The average molecular weight is 368 g/mol. The number of carbonyl (C=O) groups is 1. The van der Waals surface area contributed by atoms with E-state index in [1.807, 2.05) is 0 Å². The van der Waals surface area contributed by atoms with Crippen LogP contribution in [-0.4, -0.2) is 5.78 Å². The zero-order chi connectivity index (χ0) is 15.0. The van der Waals surface area contributed by atoms with Gasteiger partial charge in [0, 0.05) is 5.56 Å². The smallest absolute Gasteiger partial charge is 0.197 e. The molecule has 0 N–H and O–H groups in total. The molecule has 2 rings (SSSR count). The Hall–Kier alpha value is -0.440. The molecule has 1 nitrogen and oxygen atoms in total. The molecule has 2 aromatic rings. The van der Waals surface area contributed by atoms with Gasteiger partial charge in [-0.2, -0.15) is 0 Å². The summed E-state index contributed by atoms with van der Waals surface area (Å²) in [5.41, 5.74) is 1.10. The van der Waals surface area contributed by atoms with Gasteiger partial charge < -0.3 is 0 Å². The summed E-state index contributed by atoms with van der Waals surface area (Å²) in [5, 5.41) is 0.761. The van der Waals surface area contributed by atoms with E-state index >= 15 is 0 Å². The molecule has 0 aliphatic rings. The van der Waals surface area contributed by atoms with Gasteiger partial charge in [0.25, 0.3) is 0 Å². The highest BCUT2D eigenvalue weighted by atomic mass is 35.5. The van der Waals surface area contributed by atoms with Crippen LogP contribution in [0.1, 0.15) is 21.5 Å². The van der Waals surface area contributed by atoms with Gasteiger partial charge in [-0.1, -0.05) is 70.1 Å². The van der Waals surface area contributed by atoms with Gasteiger partial charge in [-0.3, -0.25) is 4.79 Å². The minimum Gasteiger partial charge on any atom is -0.288 e. The van der Waals surface area contributed by atoms with Crippen LogP contribution in [0.3, 0.4) is 0 Å². The van der Waals surface area contributed by atoms with E-state index in [1.54, 1.807) is 25.1 Å². The number of carbonyl (C=O) groups excluding carboxylic acids is 1. The molecule has 2 aromatic carbocycles. The SMILES string of the molecule is Cc1cccc(Cl)c1C(=O)c1c(Cl)c(Cl)cc(Cl)c1Cl. The molecule has 0 amide bonds. The average Bonchev–Trinajstić information content (AvgIpc) is 2.36. The summed E-state index contributed by atoms with van der Waals surface area (Å²) >= 11 is 30.1. The van der Waals surface area contributed by atoms with Crippen LogP contribution >= 0.6 is 58.0 Å². The molecule has 0 radical (unpaired) electrons. The van der Waals surface area contributed by atoms with Crippen LogP contribution in [0, 0.1) is 6.92 Å². The van der Waals surface area contributed by atoms with Crippen LogP contribution in [0.15, 0.2) is 24.3 Å². The van der Waals surface area contributed by atoms with Gasteiger partial charge in [-0.15, -0.1) is 0 Å². The lowest BCUT2D eigenvalue weighted by Crippen LogP contribution is -2.07. The molecule has 20 heavy (non-hydrogen) atoms. The molecule has 0 fully saturated rings. The summed E-state index contributed by atoms with van der Waals surface area (Å²) in [6, 6.07) is 6.54. The van der Waals surface area contributed by atoms with E-state index in [1.165, 1.54) is 6.07 Å². The van der Waals surface area contributed by atoms with Gasteiger partial charge in [-0.05, 0) is 24.6 Å². The number of ketones is 1. The maximum Gasteiger partial charge on any atom is 0.197 e. The van der Waals surface area contributed by atoms with Crippen LogP contribution in [-0.2, 0) is 0 Å². The lowest BCUT2D eigenvalue weighted by atomic mass is 9.99. The molecule has 0 saturated carbocycles. The van der Waals surface area contributed by atoms with Crippen molar-refractivity contribution >= 4 is 63.8 Å². The highest BCUT2D eigenvalue weighted by Gasteiger charge is 2.24. The quantitative estimate of drug-likeness (QED) is 0.437. The fourth-order valence-electron chi connectivity index (χ4n) is 1.82. The summed E-state index contributed by atoms with van der Waals surface area (Å²) in [7, 11) is 0. The maximum atomic E-state index is 12.7. The zero-order valence-electron chi connectivity index (χ0n) is 10.1.